The number of aromatic nitrogens is 1. The minimum Gasteiger partial charge on any atom is -0.331 e. The summed E-state index contributed by atoms with van der Waals surface area (Å²) >= 11 is 1.56. The first-order chi connectivity index (χ1) is 15.2. The topological polar surface area (TPSA) is 36.4 Å². The van der Waals surface area contributed by atoms with Gasteiger partial charge in [-0.3, -0.25) is 9.69 Å². The Balaban J connectivity index is 1.31. The number of fused-ring (bicyclic) bond motifs is 6. The van der Waals surface area contributed by atoms with Crippen molar-refractivity contribution >= 4 is 17.2 Å². The van der Waals surface area contributed by atoms with Crippen LogP contribution in [0.15, 0.2) is 42.0 Å². The van der Waals surface area contributed by atoms with E-state index in [1.807, 2.05) is 25.1 Å². The summed E-state index contributed by atoms with van der Waals surface area (Å²) in [5, 5.41) is 0.951. The van der Waals surface area contributed by atoms with E-state index in [0.717, 1.165) is 40.1 Å². The molecular weight excluding hydrogens is 402 g/mol. The molecule has 3 saturated heterocycles. The van der Waals surface area contributed by atoms with E-state index in [-0.39, 0.29) is 5.91 Å². The molecule has 1 aromatic heterocycles. The number of carbonyl (C=O) groups is 1. The average Bonchev–Trinajstić information content (AvgIpc) is 3.20. The Morgan fingerprint density at radius 1 is 1.13 bits per heavy atom. The molecule has 6 rings (SSSR count). The Labute approximate surface area is 189 Å². The summed E-state index contributed by atoms with van der Waals surface area (Å²) in [6.45, 7) is 5.29. The van der Waals surface area contributed by atoms with Gasteiger partial charge in [-0.15, -0.1) is 11.3 Å². The van der Waals surface area contributed by atoms with Crippen LogP contribution >= 0.6 is 11.3 Å². The van der Waals surface area contributed by atoms with Gasteiger partial charge in [-0.1, -0.05) is 48.4 Å². The van der Waals surface area contributed by atoms with Crippen molar-refractivity contribution in [2.75, 3.05) is 19.6 Å². The van der Waals surface area contributed by atoms with Crippen molar-refractivity contribution in [2.45, 2.75) is 57.5 Å². The van der Waals surface area contributed by atoms with Crippen molar-refractivity contribution < 1.29 is 4.79 Å². The number of carbonyl (C=O) groups excluding carboxylic acids is 1. The third-order valence-electron chi connectivity index (χ3n) is 7.93. The first-order valence-electron chi connectivity index (χ1n) is 12.0. The van der Waals surface area contributed by atoms with Gasteiger partial charge >= 0.3 is 0 Å². The number of amides is 1. The molecule has 1 amide bonds. The van der Waals surface area contributed by atoms with Crippen LogP contribution in [0.4, 0.5) is 0 Å². The first kappa shape index (κ1) is 19.7. The quantitative estimate of drug-likeness (QED) is 0.614. The molecule has 0 unspecified atom stereocenters. The summed E-state index contributed by atoms with van der Waals surface area (Å²) in [5.74, 6) is 1.49. The summed E-state index contributed by atoms with van der Waals surface area (Å²) in [5.41, 5.74) is 3.52. The highest BCUT2D eigenvalue weighted by atomic mass is 32.1. The molecule has 5 heteroatoms. The van der Waals surface area contributed by atoms with E-state index in [9.17, 15) is 4.79 Å². The Kier molecular flexibility index (Phi) is 4.99. The van der Waals surface area contributed by atoms with Crippen LogP contribution in [-0.4, -0.2) is 52.4 Å². The van der Waals surface area contributed by atoms with Crippen molar-refractivity contribution in [1.29, 1.82) is 0 Å². The highest BCUT2D eigenvalue weighted by Gasteiger charge is 2.47. The van der Waals surface area contributed by atoms with Gasteiger partial charge in [-0.2, -0.15) is 0 Å². The van der Waals surface area contributed by atoms with Crippen LogP contribution in [0.25, 0.3) is 10.6 Å². The molecule has 4 aliphatic rings. The zero-order chi connectivity index (χ0) is 20.9. The van der Waals surface area contributed by atoms with Gasteiger partial charge < -0.3 is 4.90 Å². The Morgan fingerprint density at radius 3 is 2.87 bits per heavy atom. The maximum absolute atomic E-state index is 13.8. The molecule has 31 heavy (non-hydrogen) atoms. The van der Waals surface area contributed by atoms with Crippen molar-refractivity contribution in [3.63, 3.8) is 0 Å². The highest BCUT2D eigenvalue weighted by molar-refractivity contribution is 7.17. The monoisotopic (exact) mass is 433 g/mol. The molecule has 0 saturated carbocycles. The number of piperidine rings is 3. The summed E-state index contributed by atoms with van der Waals surface area (Å²) in [4.78, 5) is 24.4. The summed E-state index contributed by atoms with van der Waals surface area (Å²) in [7, 11) is 0. The number of rotatable bonds is 2. The number of benzene rings is 1. The largest absolute Gasteiger partial charge is 0.331 e. The molecule has 1 aromatic carbocycles. The van der Waals surface area contributed by atoms with Gasteiger partial charge in [0.05, 0.1) is 11.7 Å². The van der Waals surface area contributed by atoms with Crippen molar-refractivity contribution in [3.05, 3.63) is 52.6 Å². The predicted octanol–water partition coefficient (Wildman–Crippen LogP) is 5.15. The molecule has 0 spiro atoms. The van der Waals surface area contributed by atoms with E-state index in [1.54, 1.807) is 16.9 Å². The lowest BCUT2D eigenvalue weighted by Crippen LogP contribution is -2.60. The minimum absolute atomic E-state index is 0.201. The van der Waals surface area contributed by atoms with Crippen molar-refractivity contribution in [3.8, 4) is 10.6 Å². The lowest BCUT2D eigenvalue weighted by atomic mass is 9.68. The van der Waals surface area contributed by atoms with Crippen molar-refractivity contribution in [1.82, 2.24) is 14.8 Å². The average molecular weight is 434 g/mol. The molecule has 2 aromatic rings. The maximum Gasteiger partial charge on any atom is 0.266 e. The second-order valence-electron chi connectivity index (χ2n) is 9.81. The van der Waals surface area contributed by atoms with Gasteiger partial charge in [0.15, 0.2) is 0 Å². The second-order valence-corrected chi connectivity index (χ2v) is 10.8. The molecular formula is C26H31N3OS. The minimum atomic E-state index is 0.201. The summed E-state index contributed by atoms with van der Waals surface area (Å²) in [6.07, 6.45) is 10.2. The fourth-order valence-electron chi connectivity index (χ4n) is 6.63. The molecule has 1 aliphatic carbocycles. The first-order valence-corrected chi connectivity index (χ1v) is 12.8. The van der Waals surface area contributed by atoms with Crippen LogP contribution in [0.5, 0.6) is 0 Å². The number of nitrogens with zero attached hydrogens (tertiary/aromatic N) is 3. The maximum atomic E-state index is 13.8. The van der Waals surface area contributed by atoms with Gasteiger partial charge in [0, 0.05) is 24.7 Å². The van der Waals surface area contributed by atoms with E-state index in [1.165, 1.54) is 45.2 Å². The van der Waals surface area contributed by atoms with Crippen LogP contribution in [0.2, 0.25) is 0 Å². The van der Waals surface area contributed by atoms with Crippen LogP contribution in [0.1, 0.15) is 53.9 Å². The van der Waals surface area contributed by atoms with E-state index < -0.39 is 0 Å². The van der Waals surface area contributed by atoms with E-state index in [0.29, 0.717) is 17.9 Å². The molecule has 3 fully saturated rings. The number of hydrogen-bond acceptors (Lipinski definition) is 4. The lowest BCUT2D eigenvalue weighted by Gasteiger charge is -2.54. The fraction of sp³-hybridized carbons (Fsp3) is 0.538. The SMILES string of the molecule is Cc1nc(-c2ccccc2)sc1C(=O)N1CCCC2=C[C@@H]3C[C@@H](CN4CCCC[C@H]34)[C@@H]21. The van der Waals surface area contributed by atoms with Gasteiger partial charge in [0.25, 0.3) is 5.91 Å². The number of aryl methyl sites for hydroxylation is 1. The van der Waals surface area contributed by atoms with Crippen LogP contribution in [0, 0.1) is 18.8 Å². The smallest absolute Gasteiger partial charge is 0.266 e. The van der Waals surface area contributed by atoms with E-state index in [2.05, 4.69) is 28.0 Å². The van der Waals surface area contributed by atoms with E-state index in [4.69, 9.17) is 4.98 Å². The molecule has 4 atom stereocenters. The zero-order valence-electron chi connectivity index (χ0n) is 18.3. The molecule has 0 N–H and O–H groups in total. The zero-order valence-corrected chi connectivity index (χ0v) is 19.1. The standard InChI is InChI=1S/C26H31N3OS/c1-17-24(31-25(27-17)18-8-3-2-4-9-18)26(30)29-13-7-10-19-14-20-15-21(23(19)29)16-28-12-6-5-11-22(20)28/h2-4,8-9,14,20-23H,5-7,10-13,15-16H2,1H3/t20-,21+,22-,23-/m1/s1. The molecule has 2 bridgehead atoms. The molecule has 162 valence electrons. The molecule has 0 radical (unpaired) electrons. The molecule has 3 aliphatic heterocycles. The van der Waals surface area contributed by atoms with Gasteiger partial charge in [0.2, 0.25) is 0 Å². The number of hydrogen-bond donors (Lipinski definition) is 0. The number of thiazole rings is 1. The summed E-state index contributed by atoms with van der Waals surface area (Å²) < 4.78 is 0. The molecule has 4 nitrogen and oxygen atoms in total. The molecule has 4 heterocycles. The van der Waals surface area contributed by atoms with Crippen LogP contribution in [0.3, 0.4) is 0 Å². The highest BCUT2D eigenvalue weighted by Crippen LogP contribution is 2.45. The normalized spacial score (nSPS) is 30.4. The van der Waals surface area contributed by atoms with Gasteiger partial charge in [0.1, 0.15) is 9.88 Å². The Morgan fingerprint density at radius 2 is 2.00 bits per heavy atom. The van der Waals surface area contributed by atoms with Crippen molar-refractivity contribution in [2.24, 2.45) is 11.8 Å². The Hall–Kier alpha value is -1.98. The third-order valence-corrected chi connectivity index (χ3v) is 9.12. The Bertz CT molecular complexity index is 1010. The summed E-state index contributed by atoms with van der Waals surface area (Å²) in [6, 6.07) is 11.3. The third kappa shape index (κ3) is 3.37. The number of likely N-dealkylation sites (tertiary alicyclic amines) is 1. The van der Waals surface area contributed by atoms with Gasteiger partial charge in [-0.05, 0) is 57.4 Å². The van der Waals surface area contributed by atoms with Crippen LogP contribution in [-0.2, 0) is 0 Å². The fourth-order valence-corrected chi connectivity index (χ4v) is 7.66. The van der Waals surface area contributed by atoms with Gasteiger partial charge in [-0.25, -0.2) is 4.98 Å². The second kappa shape index (κ2) is 7.86. The van der Waals surface area contributed by atoms with E-state index >= 15 is 0 Å². The lowest BCUT2D eigenvalue weighted by molar-refractivity contribution is 0.00159. The van der Waals surface area contributed by atoms with Crippen LogP contribution < -0.4 is 0 Å². The predicted molar refractivity (Wildman–Crippen MR) is 125 cm³/mol.